The number of ketones is 1. The van der Waals surface area contributed by atoms with Crippen molar-refractivity contribution >= 4 is 28.9 Å². The lowest BCUT2D eigenvalue weighted by Gasteiger charge is -2.42. The van der Waals surface area contributed by atoms with Crippen LogP contribution < -0.4 is 4.74 Å². The number of aliphatic hydroxyl groups excluding tert-OH is 1. The number of halogens is 6. The Morgan fingerprint density at radius 2 is 1.69 bits per heavy atom. The topological polar surface area (TPSA) is 144 Å². The second-order valence-electron chi connectivity index (χ2n) is 15.0. The van der Waals surface area contributed by atoms with Crippen molar-refractivity contribution in [2.75, 3.05) is 32.8 Å². The fraction of sp³-hybridized carbons (Fsp3) is 0.548. The first kappa shape index (κ1) is 48.7. The molecule has 4 rings (SSSR count). The number of pyridine rings is 1. The number of aromatic hydroxyl groups is 1. The smallest absolute Gasteiger partial charge is 0.425 e. The van der Waals surface area contributed by atoms with Crippen molar-refractivity contribution in [3.63, 3.8) is 0 Å². The van der Waals surface area contributed by atoms with Crippen LogP contribution in [0, 0.1) is 22.7 Å². The molecule has 0 radical (unpaired) electrons. The van der Waals surface area contributed by atoms with Gasteiger partial charge < -0.3 is 24.7 Å². The predicted molar refractivity (Wildman–Crippen MR) is 210 cm³/mol. The Kier molecular flexibility index (Phi) is 17.3. The Balaban J connectivity index is 0.000000809. The number of likely N-dealkylation sites (tertiary alicyclic amines) is 1. The van der Waals surface area contributed by atoms with Crippen molar-refractivity contribution in [2.24, 2.45) is 11.3 Å². The number of nitrogens with zero attached hydrogens (tertiary/aromatic N) is 4. The number of Topliss-reactive ketones (excluding diaryl/α,β-unsaturated/α-hetero) is 1. The van der Waals surface area contributed by atoms with Crippen LogP contribution in [0.5, 0.6) is 11.5 Å². The zero-order chi connectivity index (χ0) is 44.2. The van der Waals surface area contributed by atoms with Crippen LogP contribution in [0.4, 0.5) is 26.3 Å². The number of nitriles is 1. The van der Waals surface area contributed by atoms with Gasteiger partial charge in [0, 0.05) is 54.3 Å². The highest BCUT2D eigenvalue weighted by atomic mass is 32.1. The van der Waals surface area contributed by atoms with E-state index in [2.05, 4.69) is 11.1 Å². The normalized spacial score (nSPS) is 15.3. The third-order valence-corrected chi connectivity index (χ3v) is 11.6. The number of alkyl halides is 6. The molecule has 17 heteroatoms. The molecule has 1 aromatic carbocycles. The van der Waals surface area contributed by atoms with E-state index >= 15 is 0 Å². The summed E-state index contributed by atoms with van der Waals surface area (Å²) in [6.45, 7) is 9.47. The fourth-order valence-corrected chi connectivity index (χ4v) is 7.89. The van der Waals surface area contributed by atoms with Gasteiger partial charge in [-0.1, -0.05) is 52.3 Å². The molecular weight excluding hydrogens is 803 g/mol. The van der Waals surface area contributed by atoms with E-state index in [1.807, 2.05) is 32.0 Å². The van der Waals surface area contributed by atoms with Crippen LogP contribution in [-0.2, 0) is 27.4 Å². The summed E-state index contributed by atoms with van der Waals surface area (Å²) in [6, 6.07) is 11.9. The molecule has 0 spiro atoms. The molecule has 3 heterocycles. The number of piperidine rings is 1. The molecule has 1 fully saturated rings. The van der Waals surface area contributed by atoms with Crippen molar-refractivity contribution in [1.82, 2.24) is 14.8 Å². The maximum atomic E-state index is 14.1. The number of aliphatic hydroxyl groups is 1. The average molecular weight is 855 g/mol. The van der Waals surface area contributed by atoms with E-state index in [0.29, 0.717) is 74.7 Å². The molecule has 324 valence electrons. The number of aromatic nitrogens is 1. The first-order chi connectivity index (χ1) is 27.7. The van der Waals surface area contributed by atoms with Gasteiger partial charge in [-0.2, -0.15) is 31.6 Å². The minimum Gasteiger partial charge on any atom is -0.507 e. The van der Waals surface area contributed by atoms with Crippen molar-refractivity contribution in [1.29, 1.82) is 5.26 Å². The highest BCUT2D eigenvalue weighted by Gasteiger charge is 2.44. The summed E-state index contributed by atoms with van der Waals surface area (Å²) in [5.74, 6) is -1.72. The second-order valence-corrected chi connectivity index (χ2v) is 15.9. The zero-order valence-electron chi connectivity index (χ0n) is 33.8. The van der Waals surface area contributed by atoms with E-state index < -0.39 is 63.8 Å². The van der Waals surface area contributed by atoms with Gasteiger partial charge in [-0.15, -0.1) is 11.3 Å². The number of rotatable bonds is 16. The minimum atomic E-state index is -4.76. The molecule has 1 saturated heterocycles. The first-order valence-electron chi connectivity index (χ1n) is 19.5. The van der Waals surface area contributed by atoms with Crippen LogP contribution in [0.25, 0.3) is 0 Å². The predicted octanol–water partition coefficient (Wildman–Crippen LogP) is 9.06. The highest BCUT2D eigenvalue weighted by molar-refractivity contribution is 7.10. The number of benzene rings is 1. The van der Waals surface area contributed by atoms with Crippen molar-refractivity contribution in [2.45, 2.75) is 103 Å². The molecule has 3 aromatic rings. The first-order valence-corrected chi connectivity index (χ1v) is 20.3. The van der Waals surface area contributed by atoms with Crippen molar-refractivity contribution < 1.29 is 55.7 Å². The van der Waals surface area contributed by atoms with Gasteiger partial charge in [0.25, 0.3) is 5.91 Å². The maximum Gasteiger partial charge on any atom is 0.425 e. The second kappa shape index (κ2) is 21.0. The SMILES string of the molecule is CCCC(C(CC)C(=O)N1CCC(C#N)(c2ccccc2OCCCC(C)(C)C(=O)CO)CC1)N(CC)C(=O)c1ncccc1C(F)(F)F.Oc1csc(C(F)(F)F)c1. The number of ether oxygens (including phenoxy) is 1. The summed E-state index contributed by atoms with van der Waals surface area (Å²) >= 11 is 0.481. The number of hydrogen-bond donors (Lipinski definition) is 2. The molecule has 2 amide bonds. The number of carbonyl (C=O) groups excluding carboxylic acids is 3. The van der Waals surface area contributed by atoms with Gasteiger partial charge in [0.05, 0.1) is 29.6 Å². The highest BCUT2D eigenvalue weighted by Crippen LogP contribution is 2.41. The van der Waals surface area contributed by atoms with Crippen LogP contribution in [0.1, 0.15) is 106 Å². The van der Waals surface area contributed by atoms with Gasteiger partial charge in [-0.3, -0.25) is 19.4 Å². The minimum absolute atomic E-state index is 0.102. The largest absolute Gasteiger partial charge is 0.507 e. The number of para-hydroxylation sites is 1. The number of hydrogen-bond acceptors (Lipinski definition) is 9. The summed E-state index contributed by atoms with van der Waals surface area (Å²) in [7, 11) is 0. The van der Waals surface area contributed by atoms with Crippen LogP contribution in [0.2, 0.25) is 0 Å². The Morgan fingerprint density at radius 3 is 2.20 bits per heavy atom. The number of carbonyl (C=O) groups is 3. The van der Waals surface area contributed by atoms with E-state index in [0.717, 1.165) is 29.3 Å². The van der Waals surface area contributed by atoms with Crippen LogP contribution in [0.15, 0.2) is 54.0 Å². The third kappa shape index (κ3) is 12.4. The lowest BCUT2D eigenvalue weighted by molar-refractivity contribution is -0.140. The van der Waals surface area contributed by atoms with Crippen LogP contribution >= 0.6 is 11.3 Å². The van der Waals surface area contributed by atoms with Gasteiger partial charge in [-0.25, -0.2) is 0 Å². The molecule has 59 heavy (non-hydrogen) atoms. The molecule has 2 N–H and O–H groups in total. The summed E-state index contributed by atoms with van der Waals surface area (Å²) in [5.41, 5.74) is -2.65. The van der Waals surface area contributed by atoms with Gasteiger partial charge >= 0.3 is 12.4 Å². The third-order valence-electron chi connectivity index (χ3n) is 10.6. The van der Waals surface area contributed by atoms with Crippen molar-refractivity contribution in [3.8, 4) is 17.6 Å². The van der Waals surface area contributed by atoms with E-state index in [1.165, 1.54) is 4.90 Å². The lowest BCUT2D eigenvalue weighted by Crippen LogP contribution is -2.53. The maximum absolute atomic E-state index is 14.1. The monoisotopic (exact) mass is 854 g/mol. The van der Waals surface area contributed by atoms with E-state index in [9.17, 15) is 51.1 Å². The quantitative estimate of drug-likeness (QED) is 0.107. The Labute approximate surface area is 344 Å². The standard InChI is InChI=1S/C37H49F3N4O5.C5H3F3OS/c1-6-13-29(44(8-3)34(48)32-28(37(38,39)40)15-11-20-42-32)26(7-2)33(47)43-21-18-36(25-41,19-22-43)27-14-9-10-16-30(27)49-23-12-17-35(4,5)31(46)24-45;6-5(7,8)4-1-3(9)2-10-4/h9-11,14-16,20,26,29,45H,6-8,12-13,17-19,21-24H2,1-5H3;1-2,9H. The Morgan fingerprint density at radius 1 is 1.03 bits per heavy atom. The van der Waals surface area contributed by atoms with E-state index in [4.69, 9.17) is 9.84 Å². The summed E-state index contributed by atoms with van der Waals surface area (Å²) in [4.78, 5) is 45.9. The number of thiophene rings is 1. The molecule has 0 aliphatic carbocycles. The molecule has 0 saturated carbocycles. The van der Waals surface area contributed by atoms with Gasteiger partial charge in [-0.05, 0) is 63.6 Å². The molecule has 2 atom stereocenters. The number of amides is 2. The molecule has 2 aromatic heterocycles. The molecule has 0 bridgehead atoms. The van der Waals surface area contributed by atoms with Crippen molar-refractivity contribution in [3.05, 3.63) is 75.7 Å². The summed E-state index contributed by atoms with van der Waals surface area (Å²) < 4.78 is 82.6. The average Bonchev–Trinajstić information content (AvgIpc) is 3.67. The Bertz CT molecular complexity index is 1900. The zero-order valence-corrected chi connectivity index (χ0v) is 34.6. The molecular formula is C42H52F6N4O6S. The molecule has 1 aliphatic rings. The summed E-state index contributed by atoms with van der Waals surface area (Å²) in [6.07, 6.45) is -4.73. The molecule has 1 aliphatic heterocycles. The van der Waals surface area contributed by atoms with Gasteiger partial charge in [0.1, 0.15) is 28.7 Å². The lowest BCUT2D eigenvalue weighted by atomic mass is 9.73. The van der Waals surface area contributed by atoms with Gasteiger partial charge in [0.15, 0.2) is 5.78 Å². The van der Waals surface area contributed by atoms with E-state index in [-0.39, 0.29) is 37.1 Å². The van der Waals surface area contributed by atoms with Crippen LogP contribution in [0.3, 0.4) is 0 Å². The van der Waals surface area contributed by atoms with E-state index in [1.54, 1.807) is 31.7 Å². The van der Waals surface area contributed by atoms with Gasteiger partial charge in [0.2, 0.25) is 5.91 Å². The summed E-state index contributed by atoms with van der Waals surface area (Å²) in [5, 5.41) is 29.3. The molecule has 2 unspecified atom stereocenters. The van der Waals surface area contributed by atoms with Crippen LogP contribution in [-0.4, -0.2) is 81.5 Å². The fourth-order valence-electron chi connectivity index (χ4n) is 7.25. The molecule has 10 nitrogen and oxygen atoms in total. The Hall–Kier alpha value is -4.69.